The number of hydrogen-bond donors (Lipinski definition) is 1. The highest BCUT2D eigenvalue weighted by molar-refractivity contribution is 9.10. The first-order chi connectivity index (χ1) is 8.61. The Kier molecular flexibility index (Phi) is 4.04. The minimum absolute atomic E-state index is 0.569. The normalized spacial score (nSPS) is 10.4. The highest BCUT2D eigenvalue weighted by Crippen LogP contribution is 2.29. The van der Waals surface area contributed by atoms with Gasteiger partial charge in [-0.3, -0.25) is 0 Å². The minimum Gasteiger partial charge on any atom is -0.344 e. The number of nitrogens with zero attached hydrogens (tertiary/aromatic N) is 1. The average Bonchev–Trinajstić information content (AvgIpc) is 2.41. The molecule has 3 heteroatoms. The molecule has 0 spiro atoms. The van der Waals surface area contributed by atoms with Crippen LogP contribution >= 0.6 is 15.9 Å². The summed E-state index contributed by atoms with van der Waals surface area (Å²) >= 11 is 3.52. The van der Waals surface area contributed by atoms with Gasteiger partial charge >= 0.3 is 0 Å². The summed E-state index contributed by atoms with van der Waals surface area (Å²) in [5.41, 5.74) is 10.4. The Morgan fingerprint density at radius 1 is 1.17 bits per heavy atom. The zero-order chi connectivity index (χ0) is 13.1. The Morgan fingerprint density at radius 2 is 1.94 bits per heavy atom. The molecule has 0 bridgehead atoms. The number of nitrogens with two attached hydrogens (primary N) is 1. The van der Waals surface area contributed by atoms with Crippen LogP contribution in [0.3, 0.4) is 0 Å². The summed E-state index contributed by atoms with van der Waals surface area (Å²) in [6.07, 6.45) is 0. The van der Waals surface area contributed by atoms with Crippen LogP contribution in [-0.2, 0) is 6.54 Å². The second kappa shape index (κ2) is 5.55. The molecule has 0 heterocycles. The van der Waals surface area contributed by atoms with Gasteiger partial charge < -0.3 is 10.6 Å². The van der Waals surface area contributed by atoms with Gasteiger partial charge in [-0.05, 0) is 42.3 Å². The van der Waals surface area contributed by atoms with Crippen molar-refractivity contribution in [2.45, 2.75) is 13.5 Å². The van der Waals surface area contributed by atoms with Crippen LogP contribution in [0.15, 0.2) is 46.9 Å². The maximum absolute atomic E-state index is 5.69. The lowest BCUT2D eigenvalue weighted by Crippen LogP contribution is -2.11. The molecule has 0 fully saturated rings. The first kappa shape index (κ1) is 13.1. The Bertz CT molecular complexity index is 552. The van der Waals surface area contributed by atoms with E-state index < -0.39 is 0 Å². The van der Waals surface area contributed by atoms with Crippen molar-refractivity contribution in [1.82, 2.24) is 0 Å². The fourth-order valence-corrected chi connectivity index (χ4v) is 2.32. The number of benzene rings is 2. The van der Waals surface area contributed by atoms with Gasteiger partial charge in [-0.25, -0.2) is 0 Å². The quantitative estimate of drug-likeness (QED) is 0.929. The van der Waals surface area contributed by atoms with Gasteiger partial charge in [-0.15, -0.1) is 0 Å². The van der Waals surface area contributed by atoms with Crippen molar-refractivity contribution in [1.29, 1.82) is 0 Å². The zero-order valence-corrected chi connectivity index (χ0v) is 12.2. The smallest absolute Gasteiger partial charge is 0.0449 e. The van der Waals surface area contributed by atoms with E-state index >= 15 is 0 Å². The second-order valence-corrected chi connectivity index (χ2v) is 5.28. The van der Waals surface area contributed by atoms with Crippen LogP contribution in [0, 0.1) is 6.92 Å². The number of rotatable bonds is 3. The van der Waals surface area contributed by atoms with Crippen LogP contribution in [0.5, 0.6) is 0 Å². The van der Waals surface area contributed by atoms with Gasteiger partial charge in [0, 0.05) is 29.4 Å². The largest absolute Gasteiger partial charge is 0.344 e. The molecule has 0 unspecified atom stereocenters. The van der Waals surface area contributed by atoms with Gasteiger partial charge in [0.25, 0.3) is 0 Å². The molecule has 94 valence electrons. The SMILES string of the molecule is Cc1ccc(Br)cc1N(C)c1cccc(CN)c1. The third-order valence-corrected chi connectivity index (χ3v) is 3.56. The molecule has 0 radical (unpaired) electrons. The van der Waals surface area contributed by atoms with E-state index in [1.165, 1.54) is 11.3 Å². The van der Waals surface area contributed by atoms with E-state index in [9.17, 15) is 0 Å². The van der Waals surface area contributed by atoms with Gasteiger partial charge in [0.1, 0.15) is 0 Å². The van der Waals surface area contributed by atoms with Gasteiger partial charge in [-0.1, -0.05) is 34.1 Å². The highest BCUT2D eigenvalue weighted by Gasteiger charge is 2.07. The zero-order valence-electron chi connectivity index (χ0n) is 10.7. The number of hydrogen-bond acceptors (Lipinski definition) is 2. The van der Waals surface area contributed by atoms with Crippen molar-refractivity contribution in [3.63, 3.8) is 0 Å². The van der Waals surface area contributed by atoms with E-state index in [-0.39, 0.29) is 0 Å². The van der Waals surface area contributed by atoms with E-state index in [0.717, 1.165) is 15.7 Å². The van der Waals surface area contributed by atoms with Crippen LogP contribution in [-0.4, -0.2) is 7.05 Å². The standard InChI is InChI=1S/C15H17BrN2/c1-11-6-7-13(16)9-15(11)18(2)14-5-3-4-12(8-14)10-17/h3-9H,10,17H2,1-2H3. The van der Waals surface area contributed by atoms with Gasteiger partial charge in [0.2, 0.25) is 0 Å². The number of anilines is 2. The summed E-state index contributed by atoms with van der Waals surface area (Å²) in [6, 6.07) is 14.6. The second-order valence-electron chi connectivity index (χ2n) is 4.36. The van der Waals surface area contributed by atoms with Gasteiger partial charge in [0.05, 0.1) is 0 Å². The lowest BCUT2D eigenvalue weighted by atomic mass is 10.1. The van der Waals surface area contributed by atoms with Gasteiger partial charge in [-0.2, -0.15) is 0 Å². The Balaban J connectivity index is 2.40. The van der Waals surface area contributed by atoms with Crippen LogP contribution in [0.25, 0.3) is 0 Å². The van der Waals surface area contributed by atoms with Gasteiger partial charge in [0.15, 0.2) is 0 Å². The molecule has 0 atom stereocenters. The fraction of sp³-hybridized carbons (Fsp3) is 0.200. The molecule has 2 aromatic rings. The molecule has 0 aliphatic rings. The van der Waals surface area contributed by atoms with Crippen molar-refractivity contribution in [2.75, 3.05) is 11.9 Å². The third kappa shape index (κ3) is 2.74. The molecule has 2 N–H and O–H groups in total. The molecule has 0 saturated carbocycles. The molecule has 2 rings (SSSR count). The van der Waals surface area contributed by atoms with Crippen LogP contribution in [0.1, 0.15) is 11.1 Å². The first-order valence-electron chi connectivity index (χ1n) is 5.90. The van der Waals surface area contributed by atoms with E-state index in [4.69, 9.17) is 5.73 Å². The summed E-state index contributed by atoms with van der Waals surface area (Å²) in [4.78, 5) is 2.18. The van der Waals surface area contributed by atoms with E-state index in [1.54, 1.807) is 0 Å². The number of aryl methyl sites for hydroxylation is 1. The summed E-state index contributed by atoms with van der Waals surface area (Å²) < 4.78 is 1.09. The van der Waals surface area contributed by atoms with Crippen molar-refractivity contribution in [3.05, 3.63) is 58.1 Å². The van der Waals surface area contributed by atoms with Crippen molar-refractivity contribution < 1.29 is 0 Å². The summed E-state index contributed by atoms with van der Waals surface area (Å²) in [5, 5.41) is 0. The summed E-state index contributed by atoms with van der Waals surface area (Å²) in [5.74, 6) is 0. The predicted molar refractivity (Wildman–Crippen MR) is 81.3 cm³/mol. The third-order valence-electron chi connectivity index (χ3n) is 3.07. The lowest BCUT2D eigenvalue weighted by Gasteiger charge is -2.22. The van der Waals surface area contributed by atoms with E-state index in [1.807, 2.05) is 12.1 Å². The van der Waals surface area contributed by atoms with Crippen molar-refractivity contribution in [3.8, 4) is 0 Å². The van der Waals surface area contributed by atoms with E-state index in [0.29, 0.717) is 6.54 Å². The van der Waals surface area contributed by atoms with Crippen LogP contribution in [0.4, 0.5) is 11.4 Å². The topological polar surface area (TPSA) is 29.3 Å². The van der Waals surface area contributed by atoms with Crippen LogP contribution in [0.2, 0.25) is 0 Å². The average molecular weight is 305 g/mol. The molecule has 0 aliphatic carbocycles. The summed E-state index contributed by atoms with van der Waals surface area (Å²) in [6.45, 7) is 2.68. The van der Waals surface area contributed by atoms with E-state index in [2.05, 4.69) is 65.1 Å². The molecule has 0 amide bonds. The Hall–Kier alpha value is -1.32. The fourth-order valence-electron chi connectivity index (χ4n) is 1.98. The first-order valence-corrected chi connectivity index (χ1v) is 6.70. The molecule has 2 aromatic carbocycles. The number of halogens is 1. The monoisotopic (exact) mass is 304 g/mol. The Labute approximate surface area is 117 Å². The lowest BCUT2D eigenvalue weighted by molar-refractivity contribution is 1.06. The molecule has 0 aliphatic heterocycles. The molecule has 0 aromatic heterocycles. The van der Waals surface area contributed by atoms with Crippen molar-refractivity contribution >= 4 is 27.3 Å². The Morgan fingerprint density at radius 3 is 2.67 bits per heavy atom. The molecular weight excluding hydrogens is 288 g/mol. The summed E-state index contributed by atoms with van der Waals surface area (Å²) in [7, 11) is 2.07. The highest BCUT2D eigenvalue weighted by atomic mass is 79.9. The molecular formula is C15H17BrN2. The molecule has 18 heavy (non-hydrogen) atoms. The predicted octanol–water partition coefficient (Wildman–Crippen LogP) is 3.98. The maximum atomic E-state index is 5.69. The van der Waals surface area contributed by atoms with Crippen LogP contribution < -0.4 is 10.6 Å². The molecule has 0 saturated heterocycles. The molecule has 2 nitrogen and oxygen atoms in total. The van der Waals surface area contributed by atoms with Crippen molar-refractivity contribution in [2.24, 2.45) is 5.73 Å². The maximum Gasteiger partial charge on any atom is 0.0449 e. The minimum atomic E-state index is 0.569.